The first-order chi connectivity index (χ1) is 12.9. The van der Waals surface area contributed by atoms with Gasteiger partial charge >= 0.3 is 0 Å². The van der Waals surface area contributed by atoms with Crippen LogP contribution in [0.5, 0.6) is 0 Å². The van der Waals surface area contributed by atoms with Crippen LogP contribution in [0.3, 0.4) is 0 Å². The minimum atomic E-state index is -0.575. The predicted molar refractivity (Wildman–Crippen MR) is 113 cm³/mol. The molecule has 2 aromatic rings. The van der Waals surface area contributed by atoms with E-state index in [1.807, 2.05) is 56.9 Å². The molecule has 1 aromatic carbocycles. The van der Waals surface area contributed by atoms with Gasteiger partial charge in [-0.25, -0.2) is 0 Å². The van der Waals surface area contributed by atoms with E-state index in [1.165, 1.54) is 0 Å². The van der Waals surface area contributed by atoms with Crippen molar-refractivity contribution in [1.29, 1.82) is 0 Å². The number of carbonyl (C=O) groups excluding carboxylic acids is 2. The molecule has 0 spiro atoms. The second-order valence-electron chi connectivity index (χ2n) is 10.1. The number of hydrogen-bond acceptors (Lipinski definition) is 2. The highest BCUT2D eigenvalue weighted by Gasteiger charge is 2.43. The Labute approximate surface area is 167 Å². The van der Waals surface area contributed by atoms with Gasteiger partial charge in [0.2, 0.25) is 5.91 Å². The van der Waals surface area contributed by atoms with Gasteiger partial charge in [-0.15, -0.1) is 0 Å². The van der Waals surface area contributed by atoms with Gasteiger partial charge in [0, 0.05) is 24.0 Å². The Morgan fingerprint density at radius 1 is 1.29 bits per heavy atom. The van der Waals surface area contributed by atoms with Crippen LogP contribution in [0.25, 0.3) is 10.9 Å². The lowest BCUT2D eigenvalue weighted by Gasteiger charge is -2.33. The molecule has 0 radical (unpaired) electrons. The molecule has 28 heavy (non-hydrogen) atoms. The molecular formula is C23H33N3O2. The second-order valence-corrected chi connectivity index (χ2v) is 10.1. The van der Waals surface area contributed by atoms with Crippen molar-refractivity contribution < 1.29 is 9.59 Å². The number of aromatic amines is 1. The summed E-state index contributed by atoms with van der Waals surface area (Å²) in [6.45, 7) is 16.0. The summed E-state index contributed by atoms with van der Waals surface area (Å²) in [5.41, 5.74) is 2.24. The molecule has 152 valence electrons. The Hall–Kier alpha value is -2.30. The van der Waals surface area contributed by atoms with Crippen molar-refractivity contribution >= 4 is 22.7 Å². The number of likely N-dealkylation sites (tertiary alicyclic amines) is 1. The van der Waals surface area contributed by atoms with Gasteiger partial charge < -0.3 is 15.2 Å². The van der Waals surface area contributed by atoms with E-state index in [0.29, 0.717) is 11.6 Å². The van der Waals surface area contributed by atoms with Crippen LogP contribution in [-0.2, 0) is 4.79 Å². The maximum atomic E-state index is 13.3. The molecule has 0 unspecified atom stereocenters. The zero-order valence-corrected chi connectivity index (χ0v) is 18.1. The number of aryl methyl sites for hydroxylation is 1. The molecule has 1 fully saturated rings. The summed E-state index contributed by atoms with van der Waals surface area (Å²) < 4.78 is 0. The van der Waals surface area contributed by atoms with Crippen LogP contribution in [0.4, 0.5) is 0 Å². The van der Waals surface area contributed by atoms with Crippen molar-refractivity contribution in [3.05, 3.63) is 35.5 Å². The van der Waals surface area contributed by atoms with Crippen molar-refractivity contribution in [2.45, 2.75) is 54.5 Å². The Balaban J connectivity index is 1.83. The van der Waals surface area contributed by atoms with Crippen molar-refractivity contribution in [2.24, 2.45) is 16.7 Å². The zero-order valence-electron chi connectivity index (χ0n) is 18.1. The molecule has 5 heteroatoms. The lowest BCUT2D eigenvalue weighted by Crippen LogP contribution is -2.54. The number of carbonyl (C=O) groups is 2. The fourth-order valence-corrected chi connectivity index (χ4v) is 3.93. The Kier molecular flexibility index (Phi) is 5.07. The topological polar surface area (TPSA) is 65.2 Å². The number of nitrogens with zero attached hydrogens (tertiary/aromatic N) is 1. The van der Waals surface area contributed by atoms with E-state index >= 15 is 0 Å². The summed E-state index contributed by atoms with van der Waals surface area (Å²) in [6.07, 6.45) is 0. The largest absolute Gasteiger partial charge is 0.351 e. The van der Waals surface area contributed by atoms with Crippen molar-refractivity contribution in [3.8, 4) is 0 Å². The standard InChI is InChI=1S/C23H33N3O2/c1-14-9-8-10-17-16(14)11-18(24-17)20(27)25-19(22(3,4)5)21(28)26-12-15(2)23(6,7)13-26/h8-11,15,19,24H,12-13H2,1-7H3,(H,25,27)/t15-,19-/m1/s1. The first kappa shape index (κ1) is 20.4. The number of H-pyrrole nitrogens is 1. The molecule has 0 saturated carbocycles. The Morgan fingerprint density at radius 2 is 1.96 bits per heavy atom. The normalized spacial score (nSPS) is 20.4. The monoisotopic (exact) mass is 383 g/mol. The first-order valence-electron chi connectivity index (χ1n) is 10.1. The van der Waals surface area contributed by atoms with E-state index < -0.39 is 6.04 Å². The zero-order chi connectivity index (χ0) is 20.9. The molecule has 1 aromatic heterocycles. The van der Waals surface area contributed by atoms with Gasteiger partial charge in [0.1, 0.15) is 11.7 Å². The lowest BCUT2D eigenvalue weighted by atomic mass is 9.83. The summed E-state index contributed by atoms with van der Waals surface area (Å²) in [4.78, 5) is 31.4. The van der Waals surface area contributed by atoms with E-state index in [1.54, 1.807) is 0 Å². The van der Waals surface area contributed by atoms with E-state index in [2.05, 4.69) is 31.1 Å². The predicted octanol–water partition coefficient (Wildman–Crippen LogP) is 4.13. The highest BCUT2D eigenvalue weighted by atomic mass is 16.2. The molecule has 5 nitrogen and oxygen atoms in total. The number of benzene rings is 1. The maximum absolute atomic E-state index is 13.3. The van der Waals surface area contributed by atoms with E-state index in [4.69, 9.17) is 0 Å². The summed E-state index contributed by atoms with van der Waals surface area (Å²) in [7, 11) is 0. The van der Waals surface area contributed by atoms with Crippen LogP contribution < -0.4 is 5.32 Å². The molecule has 0 bridgehead atoms. The molecule has 2 N–H and O–H groups in total. The molecule has 0 aliphatic carbocycles. The van der Waals surface area contributed by atoms with Gasteiger partial charge in [0.05, 0.1) is 0 Å². The second kappa shape index (κ2) is 6.94. The molecule has 2 atom stereocenters. The van der Waals surface area contributed by atoms with Crippen molar-refractivity contribution in [2.75, 3.05) is 13.1 Å². The van der Waals surface area contributed by atoms with Gasteiger partial charge in [-0.3, -0.25) is 9.59 Å². The molecule has 1 saturated heterocycles. The smallest absolute Gasteiger partial charge is 0.268 e. The van der Waals surface area contributed by atoms with Gasteiger partial charge in [-0.1, -0.05) is 53.7 Å². The quantitative estimate of drug-likeness (QED) is 0.837. The number of amides is 2. The fourth-order valence-electron chi connectivity index (χ4n) is 3.93. The van der Waals surface area contributed by atoms with Crippen molar-refractivity contribution in [3.63, 3.8) is 0 Å². The number of nitrogens with one attached hydrogen (secondary N) is 2. The van der Waals surface area contributed by atoms with Crippen LogP contribution in [-0.4, -0.2) is 40.8 Å². The number of hydrogen-bond donors (Lipinski definition) is 2. The van der Waals surface area contributed by atoms with Gasteiger partial charge in [-0.05, 0) is 41.4 Å². The van der Waals surface area contributed by atoms with E-state index in [-0.39, 0.29) is 22.6 Å². The fraction of sp³-hybridized carbons (Fsp3) is 0.565. The van der Waals surface area contributed by atoms with Crippen LogP contribution >= 0.6 is 0 Å². The van der Waals surface area contributed by atoms with Crippen LogP contribution in [0.1, 0.15) is 57.6 Å². The molecule has 1 aliphatic rings. The Bertz CT molecular complexity index is 904. The highest BCUT2D eigenvalue weighted by Crippen LogP contribution is 2.36. The summed E-state index contributed by atoms with van der Waals surface area (Å²) >= 11 is 0. The molecule has 2 heterocycles. The molecular weight excluding hydrogens is 350 g/mol. The minimum absolute atomic E-state index is 0.00515. The minimum Gasteiger partial charge on any atom is -0.351 e. The van der Waals surface area contributed by atoms with Crippen LogP contribution in [0, 0.1) is 23.7 Å². The molecule has 1 aliphatic heterocycles. The van der Waals surface area contributed by atoms with E-state index in [0.717, 1.165) is 29.6 Å². The lowest BCUT2D eigenvalue weighted by molar-refractivity contribution is -0.135. The van der Waals surface area contributed by atoms with E-state index in [9.17, 15) is 9.59 Å². The SMILES string of the molecule is Cc1cccc2[nH]c(C(=O)N[C@H](C(=O)N3C[C@@H](C)C(C)(C)C3)C(C)(C)C)cc12. The van der Waals surface area contributed by atoms with Crippen LogP contribution in [0.15, 0.2) is 24.3 Å². The molecule has 2 amide bonds. The third-order valence-electron chi connectivity index (χ3n) is 6.25. The van der Waals surface area contributed by atoms with Crippen LogP contribution in [0.2, 0.25) is 0 Å². The highest BCUT2D eigenvalue weighted by molar-refractivity contribution is 6.01. The molecule has 3 rings (SSSR count). The number of aromatic nitrogens is 1. The number of fused-ring (bicyclic) bond motifs is 1. The van der Waals surface area contributed by atoms with Gasteiger partial charge in [0.25, 0.3) is 5.91 Å². The summed E-state index contributed by atoms with van der Waals surface area (Å²) in [5, 5.41) is 4.04. The summed E-state index contributed by atoms with van der Waals surface area (Å²) in [6, 6.07) is 7.24. The summed E-state index contributed by atoms with van der Waals surface area (Å²) in [5.74, 6) is 0.199. The van der Waals surface area contributed by atoms with Crippen molar-refractivity contribution in [1.82, 2.24) is 15.2 Å². The van der Waals surface area contributed by atoms with Gasteiger partial charge in [-0.2, -0.15) is 0 Å². The average molecular weight is 384 g/mol. The third-order valence-corrected chi connectivity index (χ3v) is 6.25. The average Bonchev–Trinajstić information content (AvgIpc) is 3.13. The number of rotatable bonds is 3. The Morgan fingerprint density at radius 3 is 2.50 bits per heavy atom. The maximum Gasteiger partial charge on any atom is 0.268 e. The van der Waals surface area contributed by atoms with Gasteiger partial charge in [0.15, 0.2) is 0 Å². The first-order valence-corrected chi connectivity index (χ1v) is 10.1. The third kappa shape index (κ3) is 3.80.